The van der Waals surface area contributed by atoms with Crippen molar-refractivity contribution in [3.63, 3.8) is 0 Å². The molecule has 2 aliphatic rings. The summed E-state index contributed by atoms with van der Waals surface area (Å²) in [7, 11) is 0. The third-order valence-electron chi connectivity index (χ3n) is 6.41. The minimum absolute atomic E-state index is 0.155. The van der Waals surface area contributed by atoms with Crippen LogP contribution < -0.4 is 15.4 Å². The highest BCUT2D eigenvalue weighted by atomic mass is 35.5. The van der Waals surface area contributed by atoms with Gasteiger partial charge < -0.3 is 9.80 Å². The average Bonchev–Trinajstić information content (AvgIpc) is 3.14. The van der Waals surface area contributed by atoms with Gasteiger partial charge in [0.25, 0.3) is 11.5 Å². The molecule has 2 saturated heterocycles. The van der Waals surface area contributed by atoms with Crippen LogP contribution in [0.1, 0.15) is 24.5 Å². The third-order valence-corrected chi connectivity index (χ3v) is 8.03. The van der Waals surface area contributed by atoms with Crippen molar-refractivity contribution in [3.05, 3.63) is 74.0 Å². The summed E-state index contributed by atoms with van der Waals surface area (Å²) < 4.78 is 2.08. The molecule has 1 aromatic carbocycles. The van der Waals surface area contributed by atoms with Gasteiger partial charge in [0, 0.05) is 49.6 Å². The molecule has 0 aliphatic carbocycles. The minimum atomic E-state index is -0.197. The second kappa shape index (κ2) is 10.2. The summed E-state index contributed by atoms with van der Waals surface area (Å²) >= 11 is 12.9. The molecule has 1 amide bonds. The highest BCUT2D eigenvalue weighted by molar-refractivity contribution is 8.26. The van der Waals surface area contributed by atoms with Crippen LogP contribution in [0.15, 0.2) is 52.3 Å². The summed E-state index contributed by atoms with van der Waals surface area (Å²) in [6.07, 6.45) is 4.21. The number of amides is 1. The first-order valence-corrected chi connectivity index (χ1v) is 13.5. The number of benzene rings is 1. The Hall–Kier alpha value is -2.88. The molecular weight excluding hydrogens is 514 g/mol. The fourth-order valence-electron chi connectivity index (χ4n) is 4.56. The number of piperazine rings is 1. The Kier molecular flexibility index (Phi) is 7.05. The lowest BCUT2D eigenvalue weighted by Crippen LogP contribution is -2.47. The summed E-state index contributed by atoms with van der Waals surface area (Å²) in [5.74, 6) is 0.443. The predicted octanol–water partition coefficient (Wildman–Crippen LogP) is 4.59. The molecule has 3 aromatic rings. The van der Waals surface area contributed by atoms with Crippen LogP contribution in [0.4, 0.5) is 11.5 Å². The Morgan fingerprint density at radius 1 is 1.11 bits per heavy atom. The number of halogens is 1. The van der Waals surface area contributed by atoms with Crippen molar-refractivity contribution < 1.29 is 4.79 Å². The van der Waals surface area contributed by atoms with Crippen LogP contribution in [0.2, 0.25) is 5.02 Å². The van der Waals surface area contributed by atoms with Crippen molar-refractivity contribution in [3.8, 4) is 0 Å². The van der Waals surface area contributed by atoms with E-state index in [1.807, 2.05) is 44.2 Å². The van der Waals surface area contributed by atoms with Crippen LogP contribution in [0.5, 0.6) is 0 Å². The number of carbonyl (C=O) groups excluding carboxylic acids is 1. The zero-order valence-electron chi connectivity index (χ0n) is 20.1. The van der Waals surface area contributed by atoms with Crippen LogP contribution in [0, 0.1) is 6.92 Å². The fraction of sp³-hybridized carbons (Fsp3) is 0.308. The normalized spacial score (nSPS) is 17.6. The molecule has 36 heavy (non-hydrogen) atoms. The van der Waals surface area contributed by atoms with Gasteiger partial charge in [0.1, 0.15) is 15.8 Å². The molecule has 186 valence electrons. The van der Waals surface area contributed by atoms with Crippen molar-refractivity contribution >= 4 is 69.0 Å². The van der Waals surface area contributed by atoms with Crippen molar-refractivity contribution in [1.29, 1.82) is 0 Å². The zero-order valence-corrected chi connectivity index (χ0v) is 22.5. The third kappa shape index (κ3) is 4.63. The van der Waals surface area contributed by atoms with E-state index in [1.165, 1.54) is 11.8 Å². The maximum absolute atomic E-state index is 13.7. The van der Waals surface area contributed by atoms with Gasteiger partial charge in [-0.2, -0.15) is 0 Å². The van der Waals surface area contributed by atoms with Crippen molar-refractivity contribution in [2.45, 2.75) is 20.3 Å². The van der Waals surface area contributed by atoms with Gasteiger partial charge in [-0.15, -0.1) is 0 Å². The first kappa shape index (κ1) is 24.8. The van der Waals surface area contributed by atoms with E-state index in [2.05, 4.69) is 15.9 Å². The summed E-state index contributed by atoms with van der Waals surface area (Å²) in [4.78, 5) is 38.2. The molecule has 2 fully saturated rings. The highest BCUT2D eigenvalue weighted by Crippen LogP contribution is 2.34. The van der Waals surface area contributed by atoms with E-state index in [0.29, 0.717) is 50.9 Å². The van der Waals surface area contributed by atoms with Gasteiger partial charge in [-0.05, 0) is 49.2 Å². The van der Waals surface area contributed by atoms with Crippen molar-refractivity contribution in [1.82, 2.24) is 14.3 Å². The lowest BCUT2D eigenvalue weighted by atomic mass is 10.2. The largest absolute Gasteiger partial charge is 0.368 e. The molecule has 5 rings (SSSR count). The van der Waals surface area contributed by atoms with E-state index in [9.17, 15) is 9.59 Å². The van der Waals surface area contributed by atoms with E-state index < -0.39 is 0 Å². The number of carbonyl (C=O) groups is 1. The van der Waals surface area contributed by atoms with Gasteiger partial charge in [-0.3, -0.25) is 18.9 Å². The van der Waals surface area contributed by atoms with E-state index >= 15 is 0 Å². The van der Waals surface area contributed by atoms with Crippen molar-refractivity contribution in [2.24, 2.45) is 0 Å². The molecule has 0 bridgehead atoms. The number of anilines is 2. The quantitative estimate of drug-likeness (QED) is 0.347. The first-order chi connectivity index (χ1) is 17.4. The number of aryl methyl sites for hydroxylation is 1. The molecule has 7 nitrogen and oxygen atoms in total. The predicted molar refractivity (Wildman–Crippen MR) is 152 cm³/mol. The molecule has 0 spiro atoms. The first-order valence-electron chi connectivity index (χ1n) is 11.9. The Morgan fingerprint density at radius 3 is 2.58 bits per heavy atom. The lowest BCUT2D eigenvalue weighted by molar-refractivity contribution is -0.122. The number of thioether (sulfide) groups is 1. The summed E-state index contributed by atoms with van der Waals surface area (Å²) in [6, 6.07) is 11.6. The number of aromatic nitrogens is 2. The standard InChI is InChI=1S/C26H26ClN5O2S2/c1-3-9-32-25(34)21(36-26(32)35)16-20-23(28-22-17(2)6-5-10-31(22)24(20)33)30-13-11-29(12-14-30)19-8-4-7-18(27)15-19/h4-8,10,15-16H,3,9,11-14H2,1-2H3/b21-16+. The molecule has 2 aliphatic heterocycles. The van der Waals surface area contributed by atoms with Gasteiger partial charge in [0.2, 0.25) is 0 Å². The molecule has 10 heteroatoms. The number of fused-ring (bicyclic) bond motifs is 1. The number of rotatable bonds is 5. The van der Waals surface area contributed by atoms with E-state index in [4.69, 9.17) is 28.8 Å². The number of nitrogens with zero attached hydrogens (tertiary/aromatic N) is 5. The monoisotopic (exact) mass is 539 g/mol. The summed E-state index contributed by atoms with van der Waals surface area (Å²) in [5.41, 5.74) is 2.81. The molecule has 0 unspecified atom stereocenters. The summed E-state index contributed by atoms with van der Waals surface area (Å²) in [5, 5.41) is 0.706. The highest BCUT2D eigenvalue weighted by Gasteiger charge is 2.32. The maximum atomic E-state index is 13.7. The van der Waals surface area contributed by atoms with Crippen molar-refractivity contribution in [2.75, 3.05) is 42.5 Å². The SMILES string of the molecule is CCCN1C(=O)/C(=C\c2c(N3CCN(c4cccc(Cl)c4)CC3)nc3c(C)cccn3c2=O)SC1=S. The topological polar surface area (TPSA) is 61.2 Å². The Morgan fingerprint density at radius 2 is 1.86 bits per heavy atom. The van der Waals surface area contributed by atoms with Crippen LogP contribution >= 0.6 is 35.6 Å². The molecule has 4 heterocycles. The Labute approximate surface area is 224 Å². The second-order valence-corrected chi connectivity index (χ2v) is 10.9. The number of thiocarbonyl (C=S) groups is 1. The van der Waals surface area contributed by atoms with Crippen LogP contribution in [-0.4, -0.2) is 57.2 Å². The van der Waals surface area contributed by atoms with Gasteiger partial charge in [-0.1, -0.05) is 54.6 Å². The van der Waals surface area contributed by atoms with Gasteiger partial charge >= 0.3 is 0 Å². The van der Waals surface area contributed by atoms with E-state index in [0.717, 1.165) is 30.8 Å². The van der Waals surface area contributed by atoms with Gasteiger partial charge in [0.15, 0.2) is 0 Å². The lowest BCUT2D eigenvalue weighted by Gasteiger charge is -2.37. The minimum Gasteiger partial charge on any atom is -0.368 e. The summed E-state index contributed by atoms with van der Waals surface area (Å²) in [6.45, 7) is 7.38. The average molecular weight is 540 g/mol. The van der Waals surface area contributed by atoms with Crippen LogP contribution in [0.25, 0.3) is 11.7 Å². The van der Waals surface area contributed by atoms with E-state index in [-0.39, 0.29) is 11.5 Å². The zero-order chi connectivity index (χ0) is 25.4. The molecule has 0 atom stereocenters. The van der Waals surface area contributed by atoms with E-state index in [1.54, 1.807) is 21.6 Å². The molecule has 2 aromatic heterocycles. The Balaban J connectivity index is 1.54. The van der Waals surface area contributed by atoms with Gasteiger partial charge in [-0.25, -0.2) is 4.98 Å². The molecule has 0 N–H and O–H groups in total. The molecular formula is C26H26ClN5O2S2. The van der Waals surface area contributed by atoms with Crippen LogP contribution in [0.3, 0.4) is 0 Å². The molecule has 0 radical (unpaired) electrons. The number of pyridine rings is 1. The Bertz CT molecular complexity index is 1450. The van der Waals surface area contributed by atoms with Crippen LogP contribution in [-0.2, 0) is 4.79 Å². The number of hydrogen-bond acceptors (Lipinski definition) is 7. The second-order valence-electron chi connectivity index (χ2n) is 8.83. The fourth-order valence-corrected chi connectivity index (χ4v) is 6.04. The molecule has 0 saturated carbocycles. The van der Waals surface area contributed by atoms with Gasteiger partial charge in [0.05, 0.1) is 10.5 Å². The smallest absolute Gasteiger partial charge is 0.267 e. The maximum Gasteiger partial charge on any atom is 0.267 e. The number of hydrogen-bond donors (Lipinski definition) is 0.